The van der Waals surface area contributed by atoms with Crippen molar-refractivity contribution in [3.05, 3.63) is 66.2 Å². The Morgan fingerprint density at radius 3 is 2.81 bits per heavy atom. The molecule has 0 spiro atoms. The number of rotatable bonds is 4. The van der Waals surface area contributed by atoms with Gasteiger partial charge in [-0.25, -0.2) is 4.39 Å². The Labute approximate surface area is 156 Å². The zero-order valence-corrected chi connectivity index (χ0v) is 14.8. The summed E-state index contributed by atoms with van der Waals surface area (Å²) >= 11 is 0. The van der Waals surface area contributed by atoms with E-state index in [2.05, 4.69) is 9.97 Å². The maximum Gasteiger partial charge on any atom is 0.256 e. The van der Waals surface area contributed by atoms with E-state index in [-0.39, 0.29) is 17.6 Å². The van der Waals surface area contributed by atoms with Crippen LogP contribution in [0.3, 0.4) is 0 Å². The predicted octanol–water partition coefficient (Wildman–Crippen LogP) is 3.70. The number of para-hydroxylation sites is 1. The van der Waals surface area contributed by atoms with Crippen molar-refractivity contribution in [3.8, 4) is 5.75 Å². The highest BCUT2D eigenvalue weighted by molar-refractivity contribution is 6.04. The van der Waals surface area contributed by atoms with Gasteiger partial charge >= 0.3 is 0 Å². The lowest BCUT2D eigenvalue weighted by molar-refractivity contribution is 0.0635. The molecule has 0 N–H and O–H groups in total. The minimum absolute atomic E-state index is 0.0208. The molecule has 2 aromatic carbocycles. The normalized spacial score (nSPS) is 17.1. The van der Waals surface area contributed by atoms with Crippen molar-refractivity contribution in [2.45, 2.75) is 12.8 Å². The van der Waals surface area contributed by atoms with Crippen molar-refractivity contribution < 1.29 is 13.9 Å². The molecule has 0 saturated carbocycles. The first kappa shape index (κ1) is 17.4. The molecule has 0 aliphatic carbocycles. The van der Waals surface area contributed by atoms with Gasteiger partial charge in [-0.15, -0.1) is 0 Å². The van der Waals surface area contributed by atoms with Crippen molar-refractivity contribution in [1.82, 2.24) is 14.9 Å². The van der Waals surface area contributed by atoms with E-state index in [1.54, 1.807) is 30.6 Å². The van der Waals surface area contributed by atoms with Crippen LogP contribution < -0.4 is 4.74 Å². The molecule has 0 bridgehead atoms. The molecule has 0 unspecified atom stereocenters. The molecule has 1 saturated heterocycles. The zero-order valence-electron chi connectivity index (χ0n) is 14.8. The van der Waals surface area contributed by atoms with Crippen LogP contribution in [0.15, 0.2) is 54.9 Å². The third-order valence-electron chi connectivity index (χ3n) is 4.83. The molecule has 0 radical (unpaired) electrons. The number of nitrogens with zero attached hydrogens (tertiary/aromatic N) is 3. The van der Waals surface area contributed by atoms with Crippen LogP contribution in [0.25, 0.3) is 11.0 Å². The number of halogens is 1. The van der Waals surface area contributed by atoms with Crippen molar-refractivity contribution >= 4 is 16.9 Å². The fourth-order valence-electron chi connectivity index (χ4n) is 3.47. The average molecular weight is 365 g/mol. The highest BCUT2D eigenvalue weighted by Crippen LogP contribution is 2.22. The van der Waals surface area contributed by atoms with Gasteiger partial charge in [-0.2, -0.15) is 0 Å². The predicted molar refractivity (Wildman–Crippen MR) is 100 cm³/mol. The van der Waals surface area contributed by atoms with Gasteiger partial charge in [-0.3, -0.25) is 14.8 Å². The summed E-state index contributed by atoms with van der Waals surface area (Å²) in [6, 6.07) is 11.5. The number of benzene rings is 2. The minimum atomic E-state index is -0.282. The number of hydrogen-bond acceptors (Lipinski definition) is 4. The Kier molecular flexibility index (Phi) is 4.96. The molecule has 1 atom stereocenters. The summed E-state index contributed by atoms with van der Waals surface area (Å²) in [6.07, 6.45) is 5.16. The molecule has 138 valence electrons. The van der Waals surface area contributed by atoms with Gasteiger partial charge in [0.05, 0.1) is 17.7 Å². The van der Waals surface area contributed by atoms with Crippen molar-refractivity contribution in [2.75, 3.05) is 19.7 Å². The van der Waals surface area contributed by atoms with Crippen LogP contribution in [0.2, 0.25) is 0 Å². The second-order valence-corrected chi connectivity index (χ2v) is 6.75. The lowest BCUT2D eigenvalue weighted by Gasteiger charge is -2.32. The molecule has 1 amide bonds. The van der Waals surface area contributed by atoms with Gasteiger partial charge < -0.3 is 9.64 Å². The molecule has 5 nitrogen and oxygen atoms in total. The summed E-state index contributed by atoms with van der Waals surface area (Å²) in [5.41, 5.74) is 1.94. The summed E-state index contributed by atoms with van der Waals surface area (Å²) in [7, 11) is 0. The number of ether oxygens (including phenoxy) is 1. The quantitative estimate of drug-likeness (QED) is 0.707. The fraction of sp³-hybridized carbons (Fsp3) is 0.286. The molecule has 1 aliphatic heterocycles. The van der Waals surface area contributed by atoms with E-state index in [9.17, 15) is 9.18 Å². The standard InChI is InChI=1S/C21H20FN3O2/c22-16-6-8-17(9-7-16)27-14-15-3-2-12-25(13-15)21(26)18-4-1-5-19-20(18)24-11-10-23-19/h1,4-11,15H,2-3,12-14H2/t15-/m1/s1. The molecule has 1 fully saturated rings. The van der Waals surface area contributed by atoms with Gasteiger partial charge in [0.2, 0.25) is 0 Å². The molecular formula is C21H20FN3O2. The maximum atomic E-state index is 13.0. The van der Waals surface area contributed by atoms with E-state index in [1.165, 1.54) is 12.1 Å². The summed E-state index contributed by atoms with van der Waals surface area (Å²) in [5, 5.41) is 0. The number of carbonyl (C=O) groups is 1. The van der Waals surface area contributed by atoms with E-state index in [0.717, 1.165) is 24.9 Å². The highest BCUT2D eigenvalue weighted by atomic mass is 19.1. The number of amides is 1. The molecule has 2 heterocycles. The number of piperidine rings is 1. The molecule has 6 heteroatoms. The monoisotopic (exact) mass is 365 g/mol. The summed E-state index contributed by atoms with van der Waals surface area (Å²) in [6.45, 7) is 1.87. The van der Waals surface area contributed by atoms with Gasteiger partial charge in [0.15, 0.2) is 0 Å². The van der Waals surface area contributed by atoms with Crippen LogP contribution in [-0.2, 0) is 0 Å². The highest BCUT2D eigenvalue weighted by Gasteiger charge is 2.26. The third-order valence-corrected chi connectivity index (χ3v) is 4.83. The van der Waals surface area contributed by atoms with Crippen LogP contribution >= 0.6 is 0 Å². The second-order valence-electron chi connectivity index (χ2n) is 6.75. The molecule has 3 aromatic rings. The molecular weight excluding hydrogens is 345 g/mol. The lowest BCUT2D eigenvalue weighted by Crippen LogP contribution is -2.41. The topological polar surface area (TPSA) is 55.3 Å². The lowest BCUT2D eigenvalue weighted by atomic mass is 9.98. The van der Waals surface area contributed by atoms with Crippen LogP contribution in [0, 0.1) is 11.7 Å². The average Bonchev–Trinajstić information content (AvgIpc) is 2.72. The Balaban J connectivity index is 1.44. The van der Waals surface area contributed by atoms with Gasteiger partial charge in [-0.05, 0) is 49.2 Å². The zero-order chi connectivity index (χ0) is 18.6. The first-order chi connectivity index (χ1) is 13.2. The molecule has 27 heavy (non-hydrogen) atoms. The van der Waals surface area contributed by atoms with Crippen LogP contribution in [-0.4, -0.2) is 40.5 Å². The molecule has 1 aliphatic rings. The number of hydrogen-bond donors (Lipinski definition) is 0. The van der Waals surface area contributed by atoms with E-state index >= 15 is 0 Å². The van der Waals surface area contributed by atoms with Crippen LogP contribution in [0.5, 0.6) is 5.75 Å². The third kappa shape index (κ3) is 3.89. The Hall–Kier alpha value is -3.02. The van der Waals surface area contributed by atoms with Gasteiger partial charge in [-0.1, -0.05) is 6.07 Å². The number of fused-ring (bicyclic) bond motifs is 1. The molecule has 1 aromatic heterocycles. The first-order valence-electron chi connectivity index (χ1n) is 9.08. The Morgan fingerprint density at radius 1 is 1.15 bits per heavy atom. The Bertz CT molecular complexity index is 940. The Morgan fingerprint density at radius 2 is 1.96 bits per heavy atom. The van der Waals surface area contributed by atoms with Crippen molar-refractivity contribution in [2.24, 2.45) is 5.92 Å². The van der Waals surface area contributed by atoms with Crippen LogP contribution in [0.1, 0.15) is 23.2 Å². The summed E-state index contributed by atoms with van der Waals surface area (Å²) in [5.74, 6) is 0.584. The van der Waals surface area contributed by atoms with E-state index in [4.69, 9.17) is 4.74 Å². The van der Waals surface area contributed by atoms with E-state index in [1.807, 2.05) is 17.0 Å². The SMILES string of the molecule is O=C(c1cccc2nccnc12)N1CCC[C@@H](COc2ccc(F)cc2)C1. The van der Waals surface area contributed by atoms with E-state index < -0.39 is 0 Å². The smallest absolute Gasteiger partial charge is 0.256 e. The minimum Gasteiger partial charge on any atom is -0.493 e. The number of aromatic nitrogens is 2. The van der Waals surface area contributed by atoms with Gasteiger partial charge in [0.1, 0.15) is 17.1 Å². The van der Waals surface area contributed by atoms with E-state index in [0.29, 0.717) is 30.0 Å². The second kappa shape index (κ2) is 7.70. The number of carbonyl (C=O) groups excluding carboxylic acids is 1. The fourth-order valence-corrected chi connectivity index (χ4v) is 3.47. The number of likely N-dealkylation sites (tertiary alicyclic amines) is 1. The van der Waals surface area contributed by atoms with Crippen LogP contribution in [0.4, 0.5) is 4.39 Å². The summed E-state index contributed by atoms with van der Waals surface area (Å²) < 4.78 is 18.8. The van der Waals surface area contributed by atoms with Crippen molar-refractivity contribution in [3.63, 3.8) is 0 Å². The van der Waals surface area contributed by atoms with Gasteiger partial charge in [0.25, 0.3) is 5.91 Å². The maximum absolute atomic E-state index is 13.0. The van der Waals surface area contributed by atoms with Crippen molar-refractivity contribution in [1.29, 1.82) is 0 Å². The largest absolute Gasteiger partial charge is 0.493 e. The summed E-state index contributed by atoms with van der Waals surface area (Å²) in [4.78, 5) is 23.5. The first-order valence-corrected chi connectivity index (χ1v) is 9.08. The van der Waals surface area contributed by atoms with Gasteiger partial charge in [0, 0.05) is 31.4 Å². The molecule has 4 rings (SSSR count).